The molecule has 0 aliphatic carbocycles. The van der Waals surface area contributed by atoms with Gasteiger partial charge in [0.15, 0.2) is 5.13 Å². The lowest BCUT2D eigenvalue weighted by atomic mass is 10.2. The Labute approximate surface area is 192 Å². The number of nitrogens with zero attached hydrogens (tertiary/aromatic N) is 4. The molecule has 1 amide bonds. The van der Waals surface area contributed by atoms with Crippen molar-refractivity contribution in [2.75, 3.05) is 31.6 Å². The molecule has 3 aromatic heterocycles. The van der Waals surface area contributed by atoms with Crippen molar-refractivity contribution in [3.63, 3.8) is 0 Å². The van der Waals surface area contributed by atoms with Crippen LogP contribution in [0.2, 0.25) is 0 Å². The molecule has 166 valence electrons. The number of fused-ring (bicyclic) bond motifs is 1. The van der Waals surface area contributed by atoms with Gasteiger partial charge in [-0.05, 0) is 30.7 Å². The molecule has 4 aromatic rings. The first-order chi connectivity index (χ1) is 15.5. The monoisotopic (exact) mass is 471 g/mol. The molecule has 4 heterocycles. The molecule has 0 unspecified atom stereocenters. The lowest BCUT2D eigenvalue weighted by Gasteiger charge is -2.25. The van der Waals surface area contributed by atoms with Crippen molar-refractivity contribution < 1.29 is 13.9 Å². The highest BCUT2D eigenvalue weighted by molar-refractivity contribution is 7.20. The predicted molar refractivity (Wildman–Crippen MR) is 124 cm³/mol. The molecule has 1 fully saturated rings. The third-order valence-corrected chi connectivity index (χ3v) is 7.29. The van der Waals surface area contributed by atoms with Crippen LogP contribution in [0.1, 0.15) is 26.6 Å². The zero-order valence-corrected chi connectivity index (χ0v) is 19.1. The molecular weight excluding hydrogens is 449 g/mol. The Kier molecular flexibility index (Phi) is 6.01. The highest BCUT2D eigenvalue weighted by Gasteiger charge is 2.18. The second kappa shape index (κ2) is 9.07. The van der Waals surface area contributed by atoms with E-state index < -0.39 is 0 Å². The maximum atomic E-state index is 13.2. The fraction of sp³-hybridized carbons (Fsp3) is 0.318. The number of nitrogens with one attached hydrogen (secondary N) is 1. The molecule has 32 heavy (non-hydrogen) atoms. The zero-order chi connectivity index (χ0) is 22.1. The number of benzene rings is 1. The van der Waals surface area contributed by atoms with E-state index in [1.807, 2.05) is 23.1 Å². The smallest absolute Gasteiger partial charge is 0.267 e. The van der Waals surface area contributed by atoms with Crippen molar-refractivity contribution in [3.8, 4) is 0 Å². The number of thiophene rings is 1. The summed E-state index contributed by atoms with van der Waals surface area (Å²) in [5.74, 6) is -0.438. The van der Waals surface area contributed by atoms with Gasteiger partial charge in [-0.1, -0.05) is 12.1 Å². The van der Waals surface area contributed by atoms with Crippen molar-refractivity contribution in [1.82, 2.24) is 19.7 Å². The lowest BCUT2D eigenvalue weighted by Crippen LogP contribution is -2.35. The number of carbonyl (C=O) groups excluding carboxylic acids is 1. The van der Waals surface area contributed by atoms with Gasteiger partial charge in [0.2, 0.25) is 0 Å². The Morgan fingerprint density at radius 2 is 2.00 bits per heavy atom. The van der Waals surface area contributed by atoms with Crippen LogP contribution in [0.15, 0.2) is 35.7 Å². The summed E-state index contributed by atoms with van der Waals surface area (Å²) in [6.45, 7) is 6.50. The Morgan fingerprint density at radius 1 is 1.22 bits per heavy atom. The summed E-state index contributed by atoms with van der Waals surface area (Å²) in [6.07, 6.45) is 0. The zero-order valence-electron chi connectivity index (χ0n) is 17.5. The first kappa shape index (κ1) is 21.2. The van der Waals surface area contributed by atoms with Gasteiger partial charge in [0, 0.05) is 30.4 Å². The maximum Gasteiger partial charge on any atom is 0.267 e. The molecule has 0 radical (unpaired) electrons. The molecule has 1 aliphatic heterocycles. The van der Waals surface area contributed by atoms with Gasteiger partial charge >= 0.3 is 0 Å². The summed E-state index contributed by atoms with van der Waals surface area (Å²) in [6, 6.07) is 8.25. The van der Waals surface area contributed by atoms with E-state index in [-0.39, 0.29) is 11.7 Å². The Hall–Kier alpha value is -2.66. The lowest BCUT2D eigenvalue weighted by molar-refractivity contribution is 0.0337. The molecule has 0 bridgehead atoms. The molecule has 1 N–H and O–H groups in total. The highest BCUT2D eigenvalue weighted by Crippen LogP contribution is 2.30. The topological polar surface area (TPSA) is 72.3 Å². The van der Waals surface area contributed by atoms with Gasteiger partial charge in [0.1, 0.15) is 10.6 Å². The minimum absolute atomic E-state index is 0.175. The Morgan fingerprint density at radius 3 is 2.78 bits per heavy atom. The second-order valence-electron chi connectivity index (χ2n) is 7.69. The van der Waals surface area contributed by atoms with Crippen LogP contribution in [0.5, 0.6) is 0 Å². The summed E-state index contributed by atoms with van der Waals surface area (Å²) >= 11 is 2.83. The van der Waals surface area contributed by atoms with Gasteiger partial charge in [0.05, 0.1) is 36.0 Å². The average molecular weight is 472 g/mol. The van der Waals surface area contributed by atoms with Gasteiger partial charge < -0.3 is 4.74 Å². The van der Waals surface area contributed by atoms with Crippen molar-refractivity contribution in [2.24, 2.45) is 0 Å². The summed E-state index contributed by atoms with van der Waals surface area (Å²) in [5.41, 5.74) is 2.76. The molecule has 0 saturated carbocycles. The van der Waals surface area contributed by atoms with E-state index in [2.05, 4.69) is 20.3 Å². The SMILES string of the molecule is Cc1nn(Cc2ccc(F)cc2)c2sc(C(=O)Nc3nc(CN4CCOCC4)cs3)cc12. The Bertz CT molecular complexity index is 1240. The van der Waals surface area contributed by atoms with Crippen molar-refractivity contribution in [3.05, 3.63) is 63.4 Å². The number of anilines is 1. The number of aromatic nitrogens is 3. The van der Waals surface area contributed by atoms with Gasteiger partial charge in [0.25, 0.3) is 5.91 Å². The van der Waals surface area contributed by atoms with E-state index in [1.165, 1.54) is 34.8 Å². The standard InChI is InChI=1S/C22H22FN5O2S2/c1-14-18-10-19(32-21(18)28(26-14)11-15-2-4-16(23)5-3-15)20(29)25-22-24-17(13-31-22)12-27-6-8-30-9-7-27/h2-5,10,13H,6-9,11-12H2,1H3,(H,24,25,29). The van der Waals surface area contributed by atoms with E-state index in [0.29, 0.717) is 16.6 Å². The van der Waals surface area contributed by atoms with Crippen LogP contribution in [0.3, 0.4) is 0 Å². The predicted octanol–water partition coefficient (Wildman–Crippen LogP) is 4.13. The minimum Gasteiger partial charge on any atom is -0.379 e. The minimum atomic E-state index is -0.263. The summed E-state index contributed by atoms with van der Waals surface area (Å²) < 4.78 is 20.4. The summed E-state index contributed by atoms with van der Waals surface area (Å²) in [4.78, 5) is 21.3. The molecule has 1 aliphatic rings. The number of aryl methyl sites for hydroxylation is 1. The van der Waals surface area contributed by atoms with Crippen molar-refractivity contribution >= 4 is 43.9 Å². The first-order valence-electron chi connectivity index (χ1n) is 10.3. The largest absolute Gasteiger partial charge is 0.379 e. The fourth-order valence-corrected chi connectivity index (χ4v) is 5.43. The van der Waals surface area contributed by atoms with E-state index in [4.69, 9.17) is 4.74 Å². The Balaban J connectivity index is 1.29. The van der Waals surface area contributed by atoms with Crippen LogP contribution in [-0.2, 0) is 17.8 Å². The van der Waals surface area contributed by atoms with Crippen LogP contribution in [0.25, 0.3) is 10.2 Å². The van der Waals surface area contributed by atoms with Gasteiger partial charge in [-0.25, -0.2) is 9.37 Å². The summed E-state index contributed by atoms with van der Waals surface area (Å²) in [7, 11) is 0. The molecule has 1 aromatic carbocycles. The average Bonchev–Trinajstić information content (AvgIpc) is 3.49. The molecular formula is C22H22FN5O2S2. The normalized spacial score (nSPS) is 14.8. The number of thiazole rings is 1. The van der Waals surface area contributed by atoms with Crippen molar-refractivity contribution in [2.45, 2.75) is 20.0 Å². The van der Waals surface area contributed by atoms with Gasteiger partial charge in [-0.2, -0.15) is 5.10 Å². The molecule has 0 spiro atoms. The molecule has 5 rings (SSSR count). The highest BCUT2D eigenvalue weighted by atomic mass is 32.1. The molecule has 7 nitrogen and oxygen atoms in total. The van der Waals surface area contributed by atoms with E-state index in [9.17, 15) is 9.18 Å². The fourth-order valence-electron chi connectivity index (χ4n) is 3.68. The van der Waals surface area contributed by atoms with Crippen LogP contribution in [-0.4, -0.2) is 51.9 Å². The molecule has 10 heteroatoms. The second-order valence-corrected chi connectivity index (χ2v) is 9.57. The van der Waals surface area contributed by atoms with Gasteiger partial charge in [-0.3, -0.25) is 19.7 Å². The number of carbonyl (C=O) groups is 1. The number of hydrogen-bond donors (Lipinski definition) is 1. The number of ether oxygens (including phenoxy) is 1. The number of halogens is 1. The maximum absolute atomic E-state index is 13.2. The third kappa shape index (κ3) is 4.58. The van der Waals surface area contributed by atoms with E-state index in [1.54, 1.807) is 12.1 Å². The van der Waals surface area contributed by atoms with Crippen LogP contribution >= 0.6 is 22.7 Å². The van der Waals surface area contributed by atoms with Crippen LogP contribution < -0.4 is 5.32 Å². The third-order valence-electron chi connectivity index (χ3n) is 5.34. The number of amides is 1. The number of hydrogen-bond acceptors (Lipinski definition) is 7. The number of rotatable bonds is 6. The van der Waals surface area contributed by atoms with Crippen molar-refractivity contribution in [1.29, 1.82) is 0 Å². The van der Waals surface area contributed by atoms with Gasteiger partial charge in [-0.15, -0.1) is 22.7 Å². The van der Waals surface area contributed by atoms with Crippen LogP contribution in [0, 0.1) is 12.7 Å². The quantitative estimate of drug-likeness (QED) is 0.458. The molecule has 0 atom stereocenters. The van der Waals surface area contributed by atoms with E-state index in [0.717, 1.165) is 60.0 Å². The number of morpholine rings is 1. The summed E-state index contributed by atoms with van der Waals surface area (Å²) in [5, 5.41) is 11.1. The first-order valence-corrected chi connectivity index (χ1v) is 12.0. The molecule has 1 saturated heterocycles. The van der Waals surface area contributed by atoms with E-state index >= 15 is 0 Å². The van der Waals surface area contributed by atoms with Crippen LogP contribution in [0.4, 0.5) is 9.52 Å².